The Kier molecular flexibility index (Phi) is 7.32. The molecule has 94 valence electrons. The monoisotopic (exact) mass is 233 g/mol. The SMILES string of the molecule is CCCN1[B]N(CCC)B(CC)N(CCC)[B]1. The lowest BCUT2D eigenvalue weighted by molar-refractivity contribution is 0.453. The maximum absolute atomic E-state index is 2.51. The first-order valence-corrected chi connectivity index (χ1v) is 7.23. The highest BCUT2D eigenvalue weighted by Crippen LogP contribution is 2.13. The summed E-state index contributed by atoms with van der Waals surface area (Å²) in [5.74, 6) is 0. The summed E-state index contributed by atoms with van der Waals surface area (Å²) in [4.78, 5) is 0. The van der Waals surface area contributed by atoms with Crippen LogP contribution in [0.3, 0.4) is 0 Å². The van der Waals surface area contributed by atoms with Gasteiger partial charge < -0.3 is 14.2 Å². The molecule has 0 aliphatic carbocycles. The molecule has 2 radical (unpaired) electrons. The molecular formula is C11H26B3N3. The Morgan fingerprint density at radius 1 is 0.765 bits per heavy atom. The fourth-order valence-electron chi connectivity index (χ4n) is 2.53. The normalized spacial score (nSPS) is 19.2. The van der Waals surface area contributed by atoms with Crippen molar-refractivity contribution in [2.24, 2.45) is 0 Å². The molecule has 1 fully saturated rings. The van der Waals surface area contributed by atoms with E-state index in [0.717, 1.165) is 19.6 Å². The van der Waals surface area contributed by atoms with Crippen LogP contribution in [0.25, 0.3) is 0 Å². The van der Waals surface area contributed by atoms with Gasteiger partial charge in [-0.2, -0.15) is 0 Å². The molecule has 1 rings (SSSR count). The second-order valence-electron chi connectivity index (χ2n) is 4.83. The number of nitrogens with zero attached hydrogens (tertiary/aromatic N) is 3. The van der Waals surface area contributed by atoms with Gasteiger partial charge in [-0.05, 0) is 45.2 Å². The van der Waals surface area contributed by atoms with Gasteiger partial charge in [0.2, 0.25) is 0 Å². The van der Waals surface area contributed by atoms with Crippen LogP contribution in [0, 0.1) is 0 Å². The second kappa shape index (κ2) is 8.22. The van der Waals surface area contributed by atoms with Crippen LogP contribution in [0.4, 0.5) is 0 Å². The van der Waals surface area contributed by atoms with Crippen LogP contribution in [0.15, 0.2) is 0 Å². The smallest absolute Gasteiger partial charge is 0.290 e. The molecule has 0 aromatic carbocycles. The minimum absolute atomic E-state index is 0.558. The van der Waals surface area contributed by atoms with Crippen molar-refractivity contribution in [3.63, 3.8) is 0 Å². The van der Waals surface area contributed by atoms with Crippen LogP contribution in [-0.2, 0) is 0 Å². The van der Waals surface area contributed by atoms with E-state index in [2.05, 4.69) is 57.0 Å². The molecule has 0 bridgehead atoms. The van der Waals surface area contributed by atoms with E-state index in [4.69, 9.17) is 0 Å². The molecule has 0 N–H and O–H groups in total. The first-order chi connectivity index (χ1) is 8.26. The van der Waals surface area contributed by atoms with Crippen molar-refractivity contribution in [2.45, 2.75) is 53.3 Å². The summed E-state index contributed by atoms with van der Waals surface area (Å²) >= 11 is 0. The summed E-state index contributed by atoms with van der Waals surface area (Å²) in [7, 11) is 4.63. The third kappa shape index (κ3) is 4.34. The summed E-state index contributed by atoms with van der Waals surface area (Å²) in [5, 5.41) is 0. The van der Waals surface area contributed by atoms with E-state index in [9.17, 15) is 0 Å². The van der Waals surface area contributed by atoms with Crippen LogP contribution in [0.2, 0.25) is 6.32 Å². The molecular weight excluding hydrogens is 207 g/mol. The van der Waals surface area contributed by atoms with Gasteiger partial charge in [-0.1, -0.05) is 27.7 Å². The van der Waals surface area contributed by atoms with Crippen molar-refractivity contribution in [1.82, 2.24) is 14.2 Å². The Hall–Kier alpha value is 0.0748. The molecule has 0 saturated carbocycles. The Bertz CT molecular complexity index is 190. The fraction of sp³-hybridized carbons (Fsp3) is 1.00. The zero-order valence-corrected chi connectivity index (χ0v) is 12.0. The lowest BCUT2D eigenvalue weighted by Crippen LogP contribution is -2.67. The van der Waals surface area contributed by atoms with Gasteiger partial charge in [-0.15, -0.1) is 0 Å². The number of rotatable bonds is 7. The minimum atomic E-state index is 0.558. The third-order valence-corrected chi connectivity index (χ3v) is 3.17. The van der Waals surface area contributed by atoms with Gasteiger partial charge in [0.1, 0.15) is 0 Å². The van der Waals surface area contributed by atoms with E-state index in [-0.39, 0.29) is 0 Å². The summed E-state index contributed by atoms with van der Waals surface area (Å²) in [5.41, 5.74) is 0. The summed E-state index contributed by atoms with van der Waals surface area (Å²) in [6.45, 7) is 13.0. The molecule has 0 amide bonds. The number of hydrogen-bond donors (Lipinski definition) is 0. The van der Waals surface area contributed by atoms with Crippen molar-refractivity contribution in [3.8, 4) is 0 Å². The highest BCUT2D eigenvalue weighted by Gasteiger charge is 2.35. The van der Waals surface area contributed by atoms with Crippen molar-refractivity contribution in [1.29, 1.82) is 0 Å². The fourth-order valence-corrected chi connectivity index (χ4v) is 2.53. The molecule has 1 aliphatic heterocycles. The predicted molar refractivity (Wildman–Crippen MR) is 78.7 cm³/mol. The Labute approximate surface area is 110 Å². The van der Waals surface area contributed by atoms with Crippen molar-refractivity contribution < 1.29 is 0 Å². The zero-order chi connectivity index (χ0) is 12.7. The molecule has 1 heterocycles. The van der Waals surface area contributed by atoms with Gasteiger partial charge in [0, 0.05) is 0 Å². The van der Waals surface area contributed by atoms with E-state index in [1.807, 2.05) is 0 Å². The van der Waals surface area contributed by atoms with Gasteiger partial charge in [0.15, 0.2) is 0 Å². The van der Waals surface area contributed by atoms with Gasteiger partial charge >= 0.3 is 0 Å². The Morgan fingerprint density at radius 2 is 1.24 bits per heavy atom. The van der Waals surface area contributed by atoms with Gasteiger partial charge in [0.05, 0.1) is 0 Å². The van der Waals surface area contributed by atoms with Crippen molar-refractivity contribution in [3.05, 3.63) is 0 Å². The van der Waals surface area contributed by atoms with Gasteiger partial charge in [-0.25, -0.2) is 0 Å². The molecule has 0 aromatic heterocycles. The van der Waals surface area contributed by atoms with Crippen molar-refractivity contribution in [2.75, 3.05) is 19.6 Å². The highest BCUT2D eigenvalue weighted by molar-refractivity contribution is 6.74. The molecule has 0 atom stereocenters. The topological polar surface area (TPSA) is 9.72 Å². The van der Waals surface area contributed by atoms with Crippen LogP contribution in [0.5, 0.6) is 0 Å². The highest BCUT2D eigenvalue weighted by atomic mass is 15.3. The minimum Gasteiger partial charge on any atom is -0.365 e. The molecule has 0 unspecified atom stereocenters. The van der Waals surface area contributed by atoms with Crippen molar-refractivity contribution >= 4 is 22.1 Å². The lowest BCUT2D eigenvalue weighted by atomic mass is 9.56. The van der Waals surface area contributed by atoms with E-state index in [0.29, 0.717) is 6.98 Å². The summed E-state index contributed by atoms with van der Waals surface area (Å²) in [6.07, 6.45) is 4.82. The molecule has 1 saturated heterocycles. The quantitative estimate of drug-likeness (QED) is 0.619. The summed E-state index contributed by atoms with van der Waals surface area (Å²) in [6, 6.07) is 0. The first-order valence-electron chi connectivity index (χ1n) is 7.23. The molecule has 6 heteroatoms. The zero-order valence-electron chi connectivity index (χ0n) is 12.0. The maximum Gasteiger partial charge on any atom is 0.290 e. The average molecular weight is 233 g/mol. The van der Waals surface area contributed by atoms with Gasteiger partial charge in [-0.3, -0.25) is 0 Å². The molecule has 3 nitrogen and oxygen atoms in total. The second-order valence-corrected chi connectivity index (χ2v) is 4.83. The third-order valence-electron chi connectivity index (χ3n) is 3.17. The average Bonchev–Trinajstić information content (AvgIpc) is 2.30. The standard InChI is InChI=1S/C11H26B3N3/c1-5-9-15-12-16(10-6-2)14(8-4)17(13-15)11-7-3/h5-11H2,1-4H3. The maximum atomic E-state index is 2.51. The summed E-state index contributed by atoms with van der Waals surface area (Å²) < 4.78 is 7.36. The predicted octanol–water partition coefficient (Wildman–Crippen LogP) is 1.71. The largest absolute Gasteiger partial charge is 0.365 e. The van der Waals surface area contributed by atoms with E-state index in [1.54, 1.807) is 0 Å². The molecule has 0 spiro atoms. The molecule has 0 aromatic rings. The van der Waals surface area contributed by atoms with E-state index in [1.165, 1.54) is 25.6 Å². The van der Waals surface area contributed by atoms with Crippen LogP contribution in [0.1, 0.15) is 47.0 Å². The van der Waals surface area contributed by atoms with Gasteiger partial charge in [0.25, 0.3) is 22.1 Å². The lowest BCUT2D eigenvalue weighted by Gasteiger charge is -2.45. The molecule has 17 heavy (non-hydrogen) atoms. The van der Waals surface area contributed by atoms with E-state index < -0.39 is 0 Å². The van der Waals surface area contributed by atoms with E-state index >= 15 is 0 Å². The molecule has 1 aliphatic rings. The Morgan fingerprint density at radius 3 is 1.59 bits per heavy atom. The Balaban J connectivity index is 2.64. The van der Waals surface area contributed by atoms with Crippen LogP contribution >= 0.6 is 0 Å². The van der Waals surface area contributed by atoms with Crippen LogP contribution < -0.4 is 0 Å². The number of hydrogen-bond acceptors (Lipinski definition) is 3. The van der Waals surface area contributed by atoms with Crippen LogP contribution in [-0.4, -0.2) is 55.9 Å². The first kappa shape index (κ1) is 15.1.